The van der Waals surface area contributed by atoms with Crippen LogP contribution >= 0.6 is 0 Å². The van der Waals surface area contributed by atoms with Crippen LogP contribution in [0.1, 0.15) is 12.0 Å². The summed E-state index contributed by atoms with van der Waals surface area (Å²) < 4.78 is 26.6. The average molecular weight is 291 g/mol. The van der Waals surface area contributed by atoms with Crippen LogP contribution in [0.2, 0.25) is 0 Å². The first-order chi connectivity index (χ1) is 9.63. The molecule has 0 aliphatic rings. The molecule has 7 heteroatoms. The van der Waals surface area contributed by atoms with E-state index < -0.39 is 10.0 Å². The number of aliphatic hydroxyl groups is 1. The number of benzene rings is 1. The van der Waals surface area contributed by atoms with Gasteiger partial charge in [0.1, 0.15) is 0 Å². The molecule has 104 valence electrons. The summed E-state index contributed by atoms with van der Waals surface area (Å²) >= 11 is 0. The SMILES string of the molecule is O=S(=O)(Nc1ccccc1C#CCCO)c1cnc[nH]1. The van der Waals surface area contributed by atoms with Gasteiger partial charge in [0.2, 0.25) is 0 Å². The molecular weight excluding hydrogens is 278 g/mol. The second kappa shape index (κ2) is 6.23. The molecule has 6 nitrogen and oxygen atoms in total. The van der Waals surface area contributed by atoms with Crippen LogP contribution in [0.15, 0.2) is 41.8 Å². The van der Waals surface area contributed by atoms with E-state index in [9.17, 15) is 8.42 Å². The van der Waals surface area contributed by atoms with E-state index in [4.69, 9.17) is 5.11 Å². The highest BCUT2D eigenvalue weighted by Gasteiger charge is 2.16. The summed E-state index contributed by atoms with van der Waals surface area (Å²) in [5, 5.41) is 8.68. The predicted molar refractivity (Wildman–Crippen MR) is 74.4 cm³/mol. The molecule has 0 aliphatic heterocycles. The van der Waals surface area contributed by atoms with E-state index in [0.29, 0.717) is 17.7 Å². The largest absolute Gasteiger partial charge is 0.395 e. The quantitative estimate of drug-likeness (QED) is 0.731. The highest BCUT2D eigenvalue weighted by atomic mass is 32.2. The molecule has 2 rings (SSSR count). The molecule has 0 bridgehead atoms. The average Bonchev–Trinajstić information content (AvgIpc) is 2.95. The number of anilines is 1. The Kier molecular flexibility index (Phi) is 4.40. The Morgan fingerprint density at radius 2 is 2.15 bits per heavy atom. The number of aromatic nitrogens is 2. The maximum atomic E-state index is 12.1. The number of imidazole rings is 1. The van der Waals surface area contributed by atoms with Gasteiger partial charge in [0.15, 0.2) is 5.03 Å². The van der Waals surface area contributed by atoms with Gasteiger partial charge in [-0.05, 0) is 12.1 Å². The zero-order valence-electron chi connectivity index (χ0n) is 10.5. The van der Waals surface area contributed by atoms with Gasteiger partial charge in [-0.15, -0.1) is 0 Å². The highest BCUT2D eigenvalue weighted by Crippen LogP contribution is 2.18. The lowest BCUT2D eigenvalue weighted by atomic mass is 10.2. The topological polar surface area (TPSA) is 95.1 Å². The van der Waals surface area contributed by atoms with Crippen LogP contribution < -0.4 is 4.72 Å². The summed E-state index contributed by atoms with van der Waals surface area (Å²) in [7, 11) is -3.71. The van der Waals surface area contributed by atoms with Gasteiger partial charge < -0.3 is 10.1 Å². The van der Waals surface area contributed by atoms with Crippen LogP contribution in [0, 0.1) is 11.8 Å². The molecule has 1 heterocycles. The Labute approximate surface area is 116 Å². The van der Waals surface area contributed by atoms with E-state index in [0.717, 1.165) is 0 Å². The normalized spacial score (nSPS) is 10.7. The monoisotopic (exact) mass is 291 g/mol. The Morgan fingerprint density at radius 3 is 2.85 bits per heavy atom. The summed E-state index contributed by atoms with van der Waals surface area (Å²) in [6.07, 6.45) is 2.85. The Morgan fingerprint density at radius 1 is 1.35 bits per heavy atom. The Balaban J connectivity index is 2.29. The molecular formula is C13H13N3O3S. The Bertz CT molecular complexity index is 728. The van der Waals surface area contributed by atoms with Crippen molar-refractivity contribution in [2.75, 3.05) is 11.3 Å². The first kappa shape index (κ1) is 14.1. The number of para-hydroxylation sites is 1. The lowest BCUT2D eigenvalue weighted by Gasteiger charge is -2.07. The third-order valence-electron chi connectivity index (χ3n) is 2.39. The maximum absolute atomic E-state index is 12.1. The minimum atomic E-state index is -3.71. The second-order valence-corrected chi connectivity index (χ2v) is 5.49. The van der Waals surface area contributed by atoms with E-state index in [1.165, 1.54) is 12.5 Å². The fourth-order valence-electron chi connectivity index (χ4n) is 1.48. The van der Waals surface area contributed by atoms with E-state index in [2.05, 4.69) is 26.5 Å². The molecule has 0 fully saturated rings. The summed E-state index contributed by atoms with van der Waals surface area (Å²) in [5.74, 6) is 5.58. The van der Waals surface area contributed by atoms with Crippen molar-refractivity contribution in [1.82, 2.24) is 9.97 Å². The van der Waals surface area contributed by atoms with Crippen molar-refractivity contribution in [3.8, 4) is 11.8 Å². The summed E-state index contributed by atoms with van der Waals surface area (Å²) in [5.41, 5.74) is 0.927. The number of hydrogen-bond donors (Lipinski definition) is 3. The highest BCUT2D eigenvalue weighted by molar-refractivity contribution is 7.92. The third-order valence-corrected chi connectivity index (χ3v) is 3.68. The van der Waals surface area contributed by atoms with Crippen molar-refractivity contribution in [3.05, 3.63) is 42.4 Å². The molecule has 0 saturated heterocycles. The number of sulfonamides is 1. The van der Waals surface area contributed by atoms with Crippen LogP contribution in [0.4, 0.5) is 5.69 Å². The first-order valence-electron chi connectivity index (χ1n) is 5.83. The van der Waals surface area contributed by atoms with Crippen molar-refractivity contribution in [3.63, 3.8) is 0 Å². The van der Waals surface area contributed by atoms with Gasteiger partial charge in [-0.3, -0.25) is 4.72 Å². The van der Waals surface area contributed by atoms with Crippen molar-refractivity contribution in [2.24, 2.45) is 0 Å². The van der Waals surface area contributed by atoms with Gasteiger partial charge in [0.05, 0.1) is 24.8 Å². The summed E-state index contributed by atoms with van der Waals surface area (Å²) in [4.78, 5) is 6.22. The van der Waals surface area contributed by atoms with Crippen molar-refractivity contribution >= 4 is 15.7 Å². The molecule has 2 aromatic rings. The summed E-state index contributed by atoms with van der Waals surface area (Å²) in [6.45, 7) is -0.0327. The molecule has 0 atom stereocenters. The standard InChI is InChI=1S/C13H13N3O3S/c17-8-4-3-6-11-5-1-2-7-12(11)16-20(18,19)13-9-14-10-15-13/h1-2,5,7,9-10,16-17H,4,8H2,(H,14,15). The third kappa shape index (κ3) is 3.38. The van der Waals surface area contributed by atoms with Crippen LogP contribution in [-0.4, -0.2) is 30.1 Å². The van der Waals surface area contributed by atoms with E-state index in [1.54, 1.807) is 24.3 Å². The van der Waals surface area contributed by atoms with Crippen molar-refractivity contribution < 1.29 is 13.5 Å². The fourth-order valence-corrected chi connectivity index (χ4v) is 2.47. The lowest BCUT2D eigenvalue weighted by molar-refractivity contribution is 0.305. The van der Waals surface area contributed by atoms with E-state index in [-0.39, 0.29) is 11.6 Å². The molecule has 0 aliphatic carbocycles. The minimum Gasteiger partial charge on any atom is -0.395 e. The molecule has 0 amide bonds. The van der Waals surface area contributed by atoms with Gasteiger partial charge in [0, 0.05) is 12.0 Å². The van der Waals surface area contributed by atoms with Gasteiger partial charge in [-0.25, -0.2) is 4.98 Å². The first-order valence-corrected chi connectivity index (χ1v) is 7.32. The molecule has 3 N–H and O–H groups in total. The van der Waals surface area contributed by atoms with Crippen LogP contribution in [0.5, 0.6) is 0 Å². The van der Waals surface area contributed by atoms with Crippen molar-refractivity contribution in [2.45, 2.75) is 11.4 Å². The second-order valence-electron chi connectivity index (χ2n) is 3.84. The molecule has 0 spiro atoms. The predicted octanol–water partition coefficient (Wildman–Crippen LogP) is 0.944. The minimum absolute atomic E-state index is 0.0179. The number of H-pyrrole nitrogens is 1. The molecule has 0 unspecified atom stereocenters. The zero-order valence-corrected chi connectivity index (χ0v) is 11.3. The van der Waals surface area contributed by atoms with Gasteiger partial charge in [-0.1, -0.05) is 24.0 Å². The van der Waals surface area contributed by atoms with E-state index in [1.807, 2.05) is 0 Å². The molecule has 20 heavy (non-hydrogen) atoms. The van der Waals surface area contributed by atoms with Crippen LogP contribution in [-0.2, 0) is 10.0 Å². The molecule has 0 saturated carbocycles. The van der Waals surface area contributed by atoms with Gasteiger partial charge in [-0.2, -0.15) is 8.42 Å². The molecule has 1 aromatic carbocycles. The number of aromatic amines is 1. The smallest absolute Gasteiger partial charge is 0.279 e. The van der Waals surface area contributed by atoms with Gasteiger partial charge >= 0.3 is 0 Å². The maximum Gasteiger partial charge on any atom is 0.279 e. The van der Waals surface area contributed by atoms with Crippen LogP contribution in [0.25, 0.3) is 0 Å². The Hall–Kier alpha value is -2.30. The van der Waals surface area contributed by atoms with Crippen LogP contribution in [0.3, 0.4) is 0 Å². The summed E-state index contributed by atoms with van der Waals surface area (Å²) in [6, 6.07) is 6.80. The number of aliphatic hydroxyl groups excluding tert-OH is 1. The number of nitrogens with one attached hydrogen (secondary N) is 2. The molecule has 1 aromatic heterocycles. The fraction of sp³-hybridized carbons (Fsp3) is 0.154. The number of nitrogens with zero attached hydrogens (tertiary/aromatic N) is 1. The van der Waals surface area contributed by atoms with E-state index >= 15 is 0 Å². The number of rotatable bonds is 4. The van der Waals surface area contributed by atoms with Crippen molar-refractivity contribution in [1.29, 1.82) is 0 Å². The zero-order chi connectivity index (χ0) is 14.4. The lowest BCUT2D eigenvalue weighted by Crippen LogP contribution is -2.14. The molecule has 0 radical (unpaired) electrons. The van der Waals surface area contributed by atoms with Gasteiger partial charge in [0.25, 0.3) is 10.0 Å². The number of hydrogen-bond acceptors (Lipinski definition) is 4.